The van der Waals surface area contributed by atoms with Crippen LogP contribution in [0, 0.1) is 5.41 Å². The predicted molar refractivity (Wildman–Crippen MR) is 76.3 cm³/mol. The second-order valence-corrected chi connectivity index (χ2v) is 8.44. The van der Waals surface area contributed by atoms with Gasteiger partial charge in [0, 0.05) is 17.6 Å². The molecule has 0 amide bonds. The summed E-state index contributed by atoms with van der Waals surface area (Å²) in [5, 5.41) is 0.258. The Bertz CT molecular complexity index is 551. The molecule has 2 rings (SSSR count). The van der Waals surface area contributed by atoms with Gasteiger partial charge in [0.15, 0.2) is 0 Å². The van der Waals surface area contributed by atoms with Crippen molar-refractivity contribution in [3.8, 4) is 0 Å². The molecule has 1 aliphatic heterocycles. The van der Waals surface area contributed by atoms with Crippen molar-refractivity contribution in [2.45, 2.75) is 25.2 Å². The molecule has 1 aromatic rings. The molecule has 0 bridgehead atoms. The van der Waals surface area contributed by atoms with Crippen LogP contribution in [0.2, 0.25) is 5.02 Å². The van der Waals surface area contributed by atoms with Gasteiger partial charge in [0.2, 0.25) is 10.0 Å². The van der Waals surface area contributed by atoms with Crippen molar-refractivity contribution in [3.63, 3.8) is 0 Å². The molecule has 100 valence electrons. The van der Waals surface area contributed by atoms with E-state index in [0.717, 1.165) is 6.42 Å². The van der Waals surface area contributed by atoms with E-state index in [1.807, 2.05) is 0 Å². The molecule has 1 fully saturated rings. The van der Waals surface area contributed by atoms with E-state index >= 15 is 0 Å². The van der Waals surface area contributed by atoms with Gasteiger partial charge in [-0.05, 0) is 39.9 Å². The molecule has 0 saturated carbocycles. The van der Waals surface area contributed by atoms with Gasteiger partial charge in [-0.3, -0.25) is 0 Å². The van der Waals surface area contributed by atoms with Gasteiger partial charge in [0.25, 0.3) is 0 Å². The number of hydrogen-bond acceptors (Lipinski definition) is 2. The second-order valence-electron chi connectivity index (χ2n) is 5.30. The molecule has 1 aromatic carbocycles. The van der Waals surface area contributed by atoms with Gasteiger partial charge >= 0.3 is 0 Å². The summed E-state index contributed by atoms with van der Waals surface area (Å²) in [5.74, 6) is 0. The number of sulfonamides is 1. The molecule has 0 spiro atoms. The lowest BCUT2D eigenvalue weighted by Gasteiger charge is -2.20. The average molecular weight is 353 g/mol. The minimum atomic E-state index is -3.52. The number of halogens is 2. The molecular weight excluding hydrogens is 338 g/mol. The molecule has 0 unspecified atom stereocenters. The quantitative estimate of drug-likeness (QED) is 0.816. The van der Waals surface area contributed by atoms with Crippen molar-refractivity contribution in [2.24, 2.45) is 5.41 Å². The number of hydrogen-bond donors (Lipinski definition) is 0. The Balaban J connectivity index is 2.44. The van der Waals surface area contributed by atoms with E-state index in [9.17, 15) is 8.42 Å². The fraction of sp³-hybridized carbons (Fsp3) is 0.500. The van der Waals surface area contributed by atoms with Gasteiger partial charge < -0.3 is 0 Å². The summed E-state index contributed by atoms with van der Waals surface area (Å²) in [7, 11) is -3.52. The third-order valence-electron chi connectivity index (χ3n) is 3.16. The summed E-state index contributed by atoms with van der Waals surface area (Å²) in [5.41, 5.74) is 0.0286. The van der Waals surface area contributed by atoms with Gasteiger partial charge in [-0.1, -0.05) is 31.5 Å². The van der Waals surface area contributed by atoms with Crippen molar-refractivity contribution in [2.75, 3.05) is 13.1 Å². The topological polar surface area (TPSA) is 37.4 Å². The SMILES string of the molecule is CC1(C)CCN(S(=O)(=O)c2c(Cl)cccc2Br)C1. The largest absolute Gasteiger partial charge is 0.245 e. The Labute approximate surface area is 121 Å². The van der Waals surface area contributed by atoms with Crippen LogP contribution < -0.4 is 0 Å². The molecular formula is C12H15BrClNO2S. The first kappa shape index (κ1) is 14.3. The Morgan fingerprint density at radius 3 is 2.56 bits per heavy atom. The van der Waals surface area contributed by atoms with Crippen molar-refractivity contribution in [1.29, 1.82) is 0 Å². The maximum atomic E-state index is 12.6. The fourth-order valence-electron chi connectivity index (χ4n) is 2.13. The van der Waals surface area contributed by atoms with Crippen LogP contribution in [0.5, 0.6) is 0 Å². The third-order valence-corrected chi connectivity index (χ3v) is 6.46. The van der Waals surface area contributed by atoms with Crippen LogP contribution in [0.1, 0.15) is 20.3 Å². The van der Waals surface area contributed by atoms with E-state index in [2.05, 4.69) is 29.8 Å². The molecule has 3 nitrogen and oxygen atoms in total. The standard InChI is InChI=1S/C12H15BrClNO2S/c1-12(2)6-7-15(8-12)18(16,17)11-9(13)4-3-5-10(11)14/h3-5H,6-8H2,1-2H3. The molecule has 0 radical (unpaired) electrons. The summed E-state index contributed by atoms with van der Waals surface area (Å²) in [6.07, 6.45) is 0.869. The summed E-state index contributed by atoms with van der Waals surface area (Å²) in [4.78, 5) is 0.171. The number of nitrogens with zero attached hydrogens (tertiary/aromatic N) is 1. The first-order valence-electron chi connectivity index (χ1n) is 5.68. The van der Waals surface area contributed by atoms with E-state index in [-0.39, 0.29) is 15.3 Å². The first-order chi connectivity index (χ1) is 8.24. The second kappa shape index (κ2) is 4.78. The summed E-state index contributed by atoms with van der Waals surface area (Å²) in [6, 6.07) is 5.01. The van der Waals surface area contributed by atoms with Crippen molar-refractivity contribution in [3.05, 3.63) is 27.7 Å². The van der Waals surface area contributed by atoms with Crippen LogP contribution in [-0.4, -0.2) is 25.8 Å². The molecule has 18 heavy (non-hydrogen) atoms. The molecule has 1 heterocycles. The van der Waals surface area contributed by atoms with Crippen LogP contribution >= 0.6 is 27.5 Å². The normalized spacial score (nSPS) is 20.2. The van der Waals surface area contributed by atoms with E-state index < -0.39 is 10.0 Å². The summed E-state index contributed by atoms with van der Waals surface area (Å²) < 4.78 is 27.2. The molecule has 0 N–H and O–H groups in total. The Morgan fingerprint density at radius 2 is 2.06 bits per heavy atom. The van der Waals surface area contributed by atoms with Crippen molar-refractivity contribution in [1.82, 2.24) is 4.31 Å². The highest BCUT2D eigenvalue weighted by molar-refractivity contribution is 9.10. The zero-order chi connectivity index (χ0) is 13.6. The highest BCUT2D eigenvalue weighted by atomic mass is 79.9. The first-order valence-corrected chi connectivity index (χ1v) is 8.29. The highest BCUT2D eigenvalue weighted by Gasteiger charge is 2.38. The fourth-order valence-corrected chi connectivity index (χ4v) is 5.43. The molecule has 6 heteroatoms. The lowest BCUT2D eigenvalue weighted by molar-refractivity contribution is 0.375. The van der Waals surface area contributed by atoms with Crippen LogP contribution in [0.4, 0.5) is 0 Å². The molecule has 1 saturated heterocycles. The zero-order valence-electron chi connectivity index (χ0n) is 10.3. The third kappa shape index (κ3) is 2.59. The predicted octanol–water partition coefficient (Wildman–Crippen LogP) is 3.52. The minimum Gasteiger partial charge on any atom is -0.207 e. The smallest absolute Gasteiger partial charge is 0.207 e. The number of rotatable bonds is 2. The highest BCUT2D eigenvalue weighted by Crippen LogP contribution is 2.37. The van der Waals surface area contributed by atoms with Gasteiger partial charge in [-0.25, -0.2) is 8.42 Å². The Kier molecular flexibility index (Phi) is 3.80. The van der Waals surface area contributed by atoms with Gasteiger partial charge in [0.05, 0.1) is 5.02 Å². The van der Waals surface area contributed by atoms with Crippen molar-refractivity contribution >= 4 is 37.6 Å². The average Bonchev–Trinajstić information content (AvgIpc) is 2.59. The lowest BCUT2D eigenvalue weighted by Crippen LogP contribution is -2.30. The number of benzene rings is 1. The monoisotopic (exact) mass is 351 g/mol. The van der Waals surface area contributed by atoms with Crippen LogP contribution in [0.3, 0.4) is 0 Å². The van der Waals surface area contributed by atoms with E-state index in [1.54, 1.807) is 18.2 Å². The molecule has 0 aliphatic carbocycles. The van der Waals surface area contributed by atoms with Gasteiger partial charge in [-0.2, -0.15) is 4.31 Å². The van der Waals surface area contributed by atoms with E-state index in [0.29, 0.717) is 17.6 Å². The van der Waals surface area contributed by atoms with Crippen LogP contribution in [0.25, 0.3) is 0 Å². The van der Waals surface area contributed by atoms with Crippen LogP contribution in [0.15, 0.2) is 27.6 Å². The van der Waals surface area contributed by atoms with Crippen molar-refractivity contribution < 1.29 is 8.42 Å². The minimum absolute atomic E-state index is 0.0286. The summed E-state index contributed by atoms with van der Waals surface area (Å²) >= 11 is 9.30. The van der Waals surface area contributed by atoms with E-state index in [4.69, 9.17) is 11.6 Å². The molecule has 0 atom stereocenters. The maximum absolute atomic E-state index is 12.6. The van der Waals surface area contributed by atoms with Gasteiger partial charge in [-0.15, -0.1) is 0 Å². The Morgan fingerprint density at radius 1 is 1.39 bits per heavy atom. The Hall–Kier alpha value is -0.100. The zero-order valence-corrected chi connectivity index (χ0v) is 13.4. The van der Waals surface area contributed by atoms with Gasteiger partial charge in [0.1, 0.15) is 4.90 Å². The molecule has 0 aromatic heterocycles. The summed E-state index contributed by atoms with van der Waals surface area (Å²) in [6.45, 7) is 5.23. The lowest BCUT2D eigenvalue weighted by atomic mass is 9.93. The van der Waals surface area contributed by atoms with Crippen LogP contribution in [-0.2, 0) is 10.0 Å². The maximum Gasteiger partial charge on any atom is 0.245 e. The molecule has 1 aliphatic rings. The van der Waals surface area contributed by atoms with E-state index in [1.165, 1.54) is 4.31 Å².